The molecule has 0 aromatic heterocycles. The van der Waals surface area contributed by atoms with Crippen molar-refractivity contribution in [2.45, 2.75) is 32.9 Å². The van der Waals surface area contributed by atoms with E-state index in [-0.39, 0.29) is 25.0 Å². The van der Waals surface area contributed by atoms with Gasteiger partial charge in [-0.05, 0) is 49.2 Å². The van der Waals surface area contributed by atoms with Gasteiger partial charge in [-0.3, -0.25) is 9.59 Å². The molecule has 2 aromatic carbocycles. The summed E-state index contributed by atoms with van der Waals surface area (Å²) in [6.45, 7) is 4.17. The minimum absolute atomic E-state index is 0.224. The number of benzene rings is 2. The van der Waals surface area contributed by atoms with Gasteiger partial charge in [0.05, 0.1) is 12.1 Å². The molecule has 0 fully saturated rings. The van der Waals surface area contributed by atoms with Gasteiger partial charge < -0.3 is 19.7 Å². The minimum atomic E-state index is -0.681. The normalized spacial score (nSPS) is 11.5. The fourth-order valence-corrected chi connectivity index (χ4v) is 3.22. The molecule has 8 heteroatoms. The fraction of sp³-hybridized carbons (Fsp3) is 0.364. The highest BCUT2D eigenvalue weighted by Gasteiger charge is 2.26. The van der Waals surface area contributed by atoms with Crippen LogP contribution in [0, 0.1) is 0 Å². The summed E-state index contributed by atoms with van der Waals surface area (Å²) in [5, 5.41) is 3.61. The molecule has 0 bridgehead atoms. The summed E-state index contributed by atoms with van der Waals surface area (Å²) in [4.78, 5) is 27.0. The van der Waals surface area contributed by atoms with E-state index < -0.39 is 6.04 Å². The number of nitrogens with one attached hydrogen (secondary N) is 1. The fourth-order valence-electron chi connectivity index (χ4n) is 2.76. The quantitative estimate of drug-likeness (QED) is 0.582. The van der Waals surface area contributed by atoms with Crippen molar-refractivity contribution in [2.24, 2.45) is 0 Å². The zero-order chi connectivity index (χ0) is 22.1. The highest BCUT2D eigenvalue weighted by molar-refractivity contribution is 6.35. The van der Waals surface area contributed by atoms with E-state index in [4.69, 9.17) is 32.7 Å². The van der Waals surface area contributed by atoms with Crippen LogP contribution >= 0.6 is 23.2 Å². The molecule has 2 amide bonds. The number of carbonyl (C=O) groups excluding carboxylic acids is 2. The van der Waals surface area contributed by atoms with Crippen LogP contribution in [0.5, 0.6) is 11.5 Å². The van der Waals surface area contributed by atoms with Gasteiger partial charge in [-0.1, -0.05) is 42.3 Å². The number of hydrogen-bond donors (Lipinski definition) is 1. The number of nitrogens with zero attached hydrogens (tertiary/aromatic N) is 1. The van der Waals surface area contributed by atoms with Crippen molar-refractivity contribution in [1.82, 2.24) is 10.2 Å². The first kappa shape index (κ1) is 23.8. The number of halogens is 2. The van der Waals surface area contributed by atoms with Crippen molar-refractivity contribution in [3.63, 3.8) is 0 Å². The predicted octanol–water partition coefficient (Wildman–Crippen LogP) is 4.32. The highest BCUT2D eigenvalue weighted by Crippen LogP contribution is 2.27. The Bertz CT molecular complexity index is 876. The SMILES string of the molecule is CCCNC(=O)[C@@H](C)N(Cc1cccc(OC)c1)C(=O)COc1ccc(Cl)cc1Cl. The van der Waals surface area contributed by atoms with Crippen LogP contribution in [0.2, 0.25) is 10.0 Å². The molecule has 0 heterocycles. The Morgan fingerprint density at radius 1 is 1.17 bits per heavy atom. The van der Waals surface area contributed by atoms with Gasteiger partial charge in [0.25, 0.3) is 5.91 Å². The molecule has 2 rings (SSSR count). The average Bonchev–Trinajstić information content (AvgIpc) is 2.74. The van der Waals surface area contributed by atoms with Gasteiger partial charge in [-0.25, -0.2) is 0 Å². The molecule has 0 aliphatic heterocycles. The molecule has 0 radical (unpaired) electrons. The Hall–Kier alpha value is -2.44. The second-order valence-electron chi connectivity index (χ2n) is 6.70. The van der Waals surface area contributed by atoms with Gasteiger partial charge in [0.2, 0.25) is 5.91 Å². The van der Waals surface area contributed by atoms with Crippen LogP contribution in [-0.2, 0) is 16.1 Å². The van der Waals surface area contributed by atoms with Crippen LogP contribution in [-0.4, -0.2) is 43.0 Å². The second kappa shape index (κ2) is 11.7. The summed E-state index contributed by atoms with van der Waals surface area (Å²) < 4.78 is 10.8. The van der Waals surface area contributed by atoms with Gasteiger partial charge in [-0.2, -0.15) is 0 Å². The Balaban J connectivity index is 2.17. The number of rotatable bonds is 10. The molecule has 0 saturated heterocycles. The topological polar surface area (TPSA) is 67.9 Å². The zero-order valence-corrected chi connectivity index (χ0v) is 18.8. The third kappa shape index (κ3) is 6.82. The maximum atomic E-state index is 13.0. The van der Waals surface area contributed by atoms with Gasteiger partial charge in [0.1, 0.15) is 17.5 Å². The van der Waals surface area contributed by atoms with E-state index in [0.717, 1.165) is 12.0 Å². The summed E-state index contributed by atoms with van der Waals surface area (Å²) in [7, 11) is 1.58. The van der Waals surface area contributed by atoms with E-state index in [1.54, 1.807) is 26.2 Å². The van der Waals surface area contributed by atoms with E-state index in [9.17, 15) is 9.59 Å². The van der Waals surface area contributed by atoms with Crippen molar-refractivity contribution in [3.05, 3.63) is 58.1 Å². The maximum absolute atomic E-state index is 13.0. The smallest absolute Gasteiger partial charge is 0.261 e. The van der Waals surface area contributed by atoms with Crippen molar-refractivity contribution in [1.29, 1.82) is 0 Å². The zero-order valence-electron chi connectivity index (χ0n) is 17.3. The summed E-state index contributed by atoms with van der Waals surface area (Å²) in [6.07, 6.45) is 0.806. The molecule has 30 heavy (non-hydrogen) atoms. The van der Waals surface area contributed by atoms with E-state index in [0.29, 0.717) is 28.1 Å². The molecule has 0 aliphatic carbocycles. The van der Waals surface area contributed by atoms with Crippen LogP contribution in [0.3, 0.4) is 0 Å². The van der Waals surface area contributed by atoms with Crippen molar-refractivity contribution in [3.8, 4) is 11.5 Å². The summed E-state index contributed by atoms with van der Waals surface area (Å²) in [6, 6.07) is 11.4. The van der Waals surface area contributed by atoms with Crippen LogP contribution in [0.1, 0.15) is 25.8 Å². The third-order valence-electron chi connectivity index (χ3n) is 4.45. The largest absolute Gasteiger partial charge is 0.497 e. The van der Waals surface area contributed by atoms with Gasteiger partial charge in [0.15, 0.2) is 6.61 Å². The summed E-state index contributed by atoms with van der Waals surface area (Å²) in [5.41, 5.74) is 0.836. The highest BCUT2D eigenvalue weighted by atomic mass is 35.5. The number of amides is 2. The number of methoxy groups -OCH3 is 1. The Morgan fingerprint density at radius 2 is 1.93 bits per heavy atom. The van der Waals surface area contributed by atoms with Gasteiger partial charge in [-0.15, -0.1) is 0 Å². The average molecular weight is 453 g/mol. The number of hydrogen-bond acceptors (Lipinski definition) is 4. The molecule has 0 aliphatic rings. The van der Waals surface area contributed by atoms with Crippen LogP contribution in [0.4, 0.5) is 0 Å². The van der Waals surface area contributed by atoms with Crippen molar-refractivity contribution >= 4 is 35.0 Å². The van der Waals surface area contributed by atoms with E-state index in [1.165, 1.54) is 11.0 Å². The van der Waals surface area contributed by atoms with Crippen LogP contribution < -0.4 is 14.8 Å². The van der Waals surface area contributed by atoms with Crippen molar-refractivity contribution in [2.75, 3.05) is 20.3 Å². The summed E-state index contributed by atoms with van der Waals surface area (Å²) in [5.74, 6) is 0.451. The van der Waals surface area contributed by atoms with E-state index in [1.807, 2.05) is 31.2 Å². The first-order chi connectivity index (χ1) is 14.3. The lowest BCUT2D eigenvalue weighted by molar-refractivity contribution is -0.142. The second-order valence-corrected chi connectivity index (χ2v) is 7.55. The van der Waals surface area contributed by atoms with Gasteiger partial charge >= 0.3 is 0 Å². The Morgan fingerprint density at radius 3 is 2.60 bits per heavy atom. The van der Waals surface area contributed by atoms with Gasteiger partial charge in [0, 0.05) is 18.1 Å². The molecule has 6 nitrogen and oxygen atoms in total. The molecule has 0 spiro atoms. The molecule has 162 valence electrons. The molecule has 0 unspecified atom stereocenters. The standard InChI is InChI=1S/C22H26Cl2N2O4/c1-4-10-25-22(28)15(2)26(13-16-6-5-7-18(11-16)29-3)21(27)14-30-20-9-8-17(23)12-19(20)24/h5-9,11-12,15H,4,10,13-14H2,1-3H3,(H,25,28)/t15-/m1/s1. The predicted molar refractivity (Wildman–Crippen MR) is 118 cm³/mol. The molecule has 1 N–H and O–H groups in total. The van der Waals surface area contributed by atoms with Crippen LogP contribution in [0.25, 0.3) is 0 Å². The Labute approximate surface area is 187 Å². The lowest BCUT2D eigenvalue weighted by Crippen LogP contribution is -2.49. The lowest BCUT2D eigenvalue weighted by Gasteiger charge is -2.29. The Kier molecular flexibility index (Phi) is 9.27. The lowest BCUT2D eigenvalue weighted by atomic mass is 10.1. The maximum Gasteiger partial charge on any atom is 0.261 e. The first-order valence-electron chi connectivity index (χ1n) is 9.63. The van der Waals surface area contributed by atoms with Crippen molar-refractivity contribution < 1.29 is 19.1 Å². The number of ether oxygens (including phenoxy) is 2. The van der Waals surface area contributed by atoms with E-state index >= 15 is 0 Å². The molecule has 0 saturated carbocycles. The minimum Gasteiger partial charge on any atom is -0.497 e. The summed E-state index contributed by atoms with van der Waals surface area (Å²) >= 11 is 12.0. The number of carbonyl (C=O) groups is 2. The third-order valence-corrected chi connectivity index (χ3v) is 4.98. The van der Waals surface area contributed by atoms with Crippen LogP contribution in [0.15, 0.2) is 42.5 Å². The monoisotopic (exact) mass is 452 g/mol. The van der Waals surface area contributed by atoms with E-state index in [2.05, 4.69) is 5.32 Å². The molecular weight excluding hydrogens is 427 g/mol. The molecule has 2 aromatic rings. The molecule has 1 atom stereocenters. The first-order valence-corrected chi connectivity index (χ1v) is 10.4. The molecular formula is C22H26Cl2N2O4.